The molecular formula is C15H23FN2O. The quantitative estimate of drug-likeness (QED) is 0.879. The molecule has 19 heavy (non-hydrogen) atoms. The number of amides is 1. The van der Waals surface area contributed by atoms with Crippen molar-refractivity contribution in [3.8, 4) is 0 Å². The number of benzene rings is 1. The summed E-state index contributed by atoms with van der Waals surface area (Å²) in [4.78, 5) is 11.9. The van der Waals surface area contributed by atoms with Crippen LogP contribution >= 0.6 is 0 Å². The number of rotatable bonds is 4. The molecule has 0 spiro atoms. The van der Waals surface area contributed by atoms with Gasteiger partial charge in [0.05, 0.1) is 6.04 Å². The summed E-state index contributed by atoms with van der Waals surface area (Å²) in [5.41, 5.74) is 1.64. The van der Waals surface area contributed by atoms with Crippen LogP contribution in [-0.4, -0.2) is 17.5 Å². The minimum Gasteiger partial charge on any atom is -0.350 e. The van der Waals surface area contributed by atoms with E-state index < -0.39 is 0 Å². The van der Waals surface area contributed by atoms with Gasteiger partial charge in [-0.1, -0.05) is 6.07 Å². The maximum Gasteiger partial charge on any atom is 0.237 e. The molecule has 0 radical (unpaired) electrons. The van der Waals surface area contributed by atoms with Crippen molar-refractivity contribution in [2.75, 3.05) is 0 Å². The van der Waals surface area contributed by atoms with Gasteiger partial charge in [0.25, 0.3) is 0 Å². The molecule has 1 atom stereocenters. The first-order valence-electron chi connectivity index (χ1n) is 6.49. The van der Waals surface area contributed by atoms with E-state index in [0.717, 1.165) is 11.1 Å². The van der Waals surface area contributed by atoms with Gasteiger partial charge in [-0.3, -0.25) is 4.79 Å². The number of carbonyl (C=O) groups is 1. The van der Waals surface area contributed by atoms with Gasteiger partial charge >= 0.3 is 0 Å². The zero-order valence-electron chi connectivity index (χ0n) is 12.3. The molecule has 1 rings (SSSR count). The zero-order chi connectivity index (χ0) is 14.6. The van der Waals surface area contributed by atoms with Crippen LogP contribution in [0.25, 0.3) is 0 Å². The predicted molar refractivity (Wildman–Crippen MR) is 75.3 cm³/mol. The lowest BCUT2D eigenvalue weighted by molar-refractivity contribution is -0.124. The normalized spacial score (nSPS) is 13.2. The van der Waals surface area contributed by atoms with Crippen molar-refractivity contribution in [2.45, 2.75) is 52.7 Å². The minimum atomic E-state index is -0.288. The van der Waals surface area contributed by atoms with Crippen molar-refractivity contribution in [1.29, 1.82) is 0 Å². The van der Waals surface area contributed by atoms with Crippen LogP contribution in [0.4, 0.5) is 4.39 Å². The molecule has 0 saturated carbocycles. The molecule has 4 heteroatoms. The maximum absolute atomic E-state index is 13.0. The average Bonchev–Trinajstić information content (AvgIpc) is 2.25. The van der Waals surface area contributed by atoms with Gasteiger partial charge in [-0.2, -0.15) is 0 Å². The molecule has 0 fully saturated rings. The molecule has 1 unspecified atom stereocenters. The van der Waals surface area contributed by atoms with Gasteiger partial charge < -0.3 is 10.6 Å². The van der Waals surface area contributed by atoms with Crippen molar-refractivity contribution in [3.05, 3.63) is 35.1 Å². The fourth-order valence-electron chi connectivity index (χ4n) is 1.69. The van der Waals surface area contributed by atoms with Crippen molar-refractivity contribution in [3.63, 3.8) is 0 Å². The monoisotopic (exact) mass is 266 g/mol. The van der Waals surface area contributed by atoms with Crippen molar-refractivity contribution < 1.29 is 9.18 Å². The summed E-state index contributed by atoms with van der Waals surface area (Å²) in [6.45, 7) is 10.1. The molecule has 1 aromatic rings. The fourth-order valence-corrected chi connectivity index (χ4v) is 1.69. The van der Waals surface area contributed by atoms with Crippen LogP contribution in [0.15, 0.2) is 18.2 Å². The maximum atomic E-state index is 13.0. The second kappa shape index (κ2) is 6.15. The third-order valence-electron chi connectivity index (χ3n) is 2.79. The molecule has 0 heterocycles. The van der Waals surface area contributed by atoms with E-state index in [2.05, 4.69) is 10.6 Å². The van der Waals surface area contributed by atoms with E-state index >= 15 is 0 Å². The van der Waals surface area contributed by atoms with E-state index in [1.54, 1.807) is 6.07 Å². The van der Waals surface area contributed by atoms with Crippen LogP contribution in [0.1, 0.15) is 38.8 Å². The Kier molecular flexibility index (Phi) is 5.06. The third kappa shape index (κ3) is 5.39. The molecule has 1 aromatic carbocycles. The highest BCUT2D eigenvalue weighted by Crippen LogP contribution is 2.10. The van der Waals surface area contributed by atoms with Gasteiger partial charge in [-0.05, 0) is 57.9 Å². The summed E-state index contributed by atoms with van der Waals surface area (Å²) >= 11 is 0. The van der Waals surface area contributed by atoms with E-state index in [1.165, 1.54) is 12.1 Å². The summed E-state index contributed by atoms with van der Waals surface area (Å²) in [5.74, 6) is -0.271. The Morgan fingerprint density at radius 2 is 2.00 bits per heavy atom. The molecular weight excluding hydrogens is 243 g/mol. The van der Waals surface area contributed by atoms with Gasteiger partial charge in [0.1, 0.15) is 5.82 Å². The molecule has 3 nitrogen and oxygen atoms in total. The third-order valence-corrected chi connectivity index (χ3v) is 2.79. The zero-order valence-corrected chi connectivity index (χ0v) is 12.3. The summed E-state index contributed by atoms with van der Waals surface area (Å²) in [6, 6.07) is 4.39. The van der Waals surface area contributed by atoms with Crippen molar-refractivity contribution in [1.82, 2.24) is 10.6 Å². The number of carbonyl (C=O) groups excluding carboxylic acids is 1. The molecule has 0 aliphatic carbocycles. The molecule has 1 amide bonds. The van der Waals surface area contributed by atoms with Crippen molar-refractivity contribution in [2.24, 2.45) is 0 Å². The molecule has 0 aromatic heterocycles. The number of halogens is 1. The smallest absolute Gasteiger partial charge is 0.237 e. The first-order valence-corrected chi connectivity index (χ1v) is 6.49. The van der Waals surface area contributed by atoms with Crippen LogP contribution < -0.4 is 10.6 Å². The average molecular weight is 266 g/mol. The number of hydrogen-bond acceptors (Lipinski definition) is 2. The lowest BCUT2D eigenvalue weighted by Gasteiger charge is -2.24. The lowest BCUT2D eigenvalue weighted by Crippen LogP contribution is -2.49. The highest BCUT2D eigenvalue weighted by atomic mass is 19.1. The van der Waals surface area contributed by atoms with Gasteiger partial charge in [0, 0.05) is 12.1 Å². The second-order valence-electron chi connectivity index (χ2n) is 5.91. The molecule has 106 valence electrons. The van der Waals surface area contributed by atoms with Gasteiger partial charge in [0.15, 0.2) is 0 Å². The summed E-state index contributed by atoms with van der Waals surface area (Å²) in [7, 11) is 0. The Hall–Kier alpha value is -1.42. The Labute approximate surface area is 114 Å². The first-order chi connectivity index (χ1) is 8.69. The Morgan fingerprint density at radius 1 is 1.37 bits per heavy atom. The number of hydrogen-bond donors (Lipinski definition) is 2. The van der Waals surface area contributed by atoms with Crippen LogP contribution in [0.3, 0.4) is 0 Å². The lowest BCUT2D eigenvalue weighted by atomic mass is 10.1. The minimum absolute atomic E-state index is 0.0349. The summed E-state index contributed by atoms with van der Waals surface area (Å²) in [6.07, 6.45) is 0. The van der Waals surface area contributed by atoms with Crippen LogP contribution in [0, 0.1) is 12.7 Å². The van der Waals surface area contributed by atoms with Crippen LogP contribution in [0.5, 0.6) is 0 Å². The fraction of sp³-hybridized carbons (Fsp3) is 0.533. The molecule has 0 bridgehead atoms. The molecule has 0 aliphatic heterocycles. The van der Waals surface area contributed by atoms with Gasteiger partial charge in [-0.15, -0.1) is 0 Å². The summed E-state index contributed by atoms with van der Waals surface area (Å²) in [5, 5.41) is 6.06. The predicted octanol–water partition coefficient (Wildman–Crippen LogP) is 2.53. The Bertz CT molecular complexity index is 452. The molecule has 2 N–H and O–H groups in total. The van der Waals surface area contributed by atoms with Crippen molar-refractivity contribution >= 4 is 5.91 Å². The van der Waals surface area contributed by atoms with E-state index in [0.29, 0.717) is 6.54 Å². The molecule has 0 aliphatic rings. The van der Waals surface area contributed by atoms with E-state index in [1.807, 2.05) is 34.6 Å². The number of nitrogens with one attached hydrogen (secondary N) is 2. The first kappa shape index (κ1) is 15.6. The SMILES string of the molecule is Cc1cc(F)ccc1CNC(C)C(=O)NC(C)(C)C. The second-order valence-corrected chi connectivity index (χ2v) is 5.91. The Morgan fingerprint density at radius 3 is 2.53 bits per heavy atom. The number of aryl methyl sites for hydroxylation is 1. The standard InChI is InChI=1S/C15H23FN2O/c1-10-8-13(16)7-6-12(10)9-17-11(2)14(19)18-15(3,4)5/h6-8,11,17H,9H2,1-5H3,(H,18,19). The largest absolute Gasteiger partial charge is 0.350 e. The van der Waals surface area contributed by atoms with Crippen LogP contribution in [0.2, 0.25) is 0 Å². The summed E-state index contributed by atoms with van der Waals surface area (Å²) < 4.78 is 13.0. The van der Waals surface area contributed by atoms with Gasteiger partial charge in [-0.25, -0.2) is 4.39 Å². The van der Waals surface area contributed by atoms with E-state index in [-0.39, 0.29) is 23.3 Å². The van der Waals surface area contributed by atoms with Crippen LogP contribution in [-0.2, 0) is 11.3 Å². The highest BCUT2D eigenvalue weighted by molar-refractivity contribution is 5.81. The Balaban J connectivity index is 2.54. The molecule has 0 saturated heterocycles. The topological polar surface area (TPSA) is 41.1 Å². The van der Waals surface area contributed by atoms with E-state index in [4.69, 9.17) is 0 Å². The van der Waals surface area contributed by atoms with E-state index in [9.17, 15) is 9.18 Å². The highest BCUT2D eigenvalue weighted by Gasteiger charge is 2.18. The van der Waals surface area contributed by atoms with Gasteiger partial charge in [0.2, 0.25) is 5.91 Å².